The summed E-state index contributed by atoms with van der Waals surface area (Å²) in [7, 11) is -0.939. The molecule has 2 atom stereocenters. The van der Waals surface area contributed by atoms with Gasteiger partial charge in [-0.25, -0.2) is 8.78 Å². The molecule has 0 bridgehead atoms. The fourth-order valence-corrected chi connectivity index (χ4v) is 4.15. The molecule has 2 rings (SSSR count). The van der Waals surface area contributed by atoms with Crippen molar-refractivity contribution in [3.8, 4) is 0 Å². The maximum absolute atomic E-state index is 14.0. The number of benzene rings is 1. The van der Waals surface area contributed by atoms with Crippen LogP contribution in [0.5, 0.6) is 0 Å². The number of piperidine rings is 1. The summed E-state index contributed by atoms with van der Waals surface area (Å²) in [5.41, 5.74) is 0.124. The van der Waals surface area contributed by atoms with Gasteiger partial charge in [0.2, 0.25) is 0 Å². The van der Waals surface area contributed by atoms with Crippen molar-refractivity contribution in [1.29, 1.82) is 0 Å². The van der Waals surface area contributed by atoms with E-state index in [9.17, 15) is 13.0 Å². The minimum Gasteiger partial charge on any atom is -0.357 e. The first-order valence-electron chi connectivity index (χ1n) is 10.3. The van der Waals surface area contributed by atoms with E-state index >= 15 is 0 Å². The summed E-state index contributed by atoms with van der Waals surface area (Å²) in [6.45, 7) is 10.9. The van der Waals surface area contributed by atoms with Crippen molar-refractivity contribution in [1.82, 2.24) is 15.5 Å². The molecule has 1 aromatic rings. The van der Waals surface area contributed by atoms with Crippen LogP contribution in [0.2, 0.25) is 0 Å². The molecule has 1 heterocycles. The van der Waals surface area contributed by atoms with Gasteiger partial charge < -0.3 is 10.6 Å². The van der Waals surface area contributed by atoms with Crippen LogP contribution in [0, 0.1) is 11.6 Å². The summed E-state index contributed by atoms with van der Waals surface area (Å²) < 4.78 is 39.9. The highest BCUT2D eigenvalue weighted by Crippen LogP contribution is 2.18. The number of nitrogens with one attached hydrogen (secondary N) is 2. The molecule has 1 aromatic carbocycles. The molecule has 0 radical (unpaired) electrons. The van der Waals surface area contributed by atoms with Crippen molar-refractivity contribution in [2.24, 2.45) is 4.99 Å². The fourth-order valence-electron chi connectivity index (χ4n) is 3.28. The van der Waals surface area contributed by atoms with E-state index in [-0.39, 0.29) is 46.9 Å². The molecular weight excluding hydrogens is 521 g/mol. The van der Waals surface area contributed by atoms with E-state index in [0.29, 0.717) is 24.8 Å². The predicted octanol–water partition coefficient (Wildman–Crippen LogP) is 3.65. The molecule has 0 aliphatic carbocycles. The molecule has 172 valence electrons. The van der Waals surface area contributed by atoms with E-state index in [0.717, 1.165) is 25.9 Å². The number of rotatable bonds is 7. The quantitative estimate of drug-likeness (QED) is 0.306. The van der Waals surface area contributed by atoms with Crippen LogP contribution in [0.1, 0.15) is 46.1 Å². The van der Waals surface area contributed by atoms with Crippen molar-refractivity contribution >= 4 is 40.7 Å². The molecule has 5 nitrogen and oxygen atoms in total. The number of hydrogen-bond donors (Lipinski definition) is 2. The number of likely N-dealkylation sites (tertiary alicyclic amines) is 1. The van der Waals surface area contributed by atoms with E-state index < -0.39 is 22.4 Å². The summed E-state index contributed by atoms with van der Waals surface area (Å²) in [5.74, 6) is 0.217. The van der Waals surface area contributed by atoms with Gasteiger partial charge in [0.05, 0.1) is 6.54 Å². The monoisotopic (exact) mass is 556 g/mol. The molecule has 0 aromatic heterocycles. The largest absolute Gasteiger partial charge is 0.357 e. The Morgan fingerprint density at radius 3 is 2.57 bits per heavy atom. The molecule has 2 N–H and O–H groups in total. The summed E-state index contributed by atoms with van der Waals surface area (Å²) in [6.07, 6.45) is 1.91. The number of aliphatic imine (C=N–C) groups is 1. The normalized spacial score (nSPS) is 19.1. The minimum absolute atomic E-state index is 0. The topological polar surface area (TPSA) is 56.7 Å². The second kappa shape index (κ2) is 12.9. The van der Waals surface area contributed by atoms with E-state index in [4.69, 9.17) is 0 Å². The van der Waals surface area contributed by atoms with Gasteiger partial charge in [0.25, 0.3) is 0 Å². The van der Waals surface area contributed by atoms with Gasteiger partial charge in [0, 0.05) is 52.5 Å². The number of nitrogens with zero attached hydrogens (tertiary/aromatic N) is 2. The first-order chi connectivity index (χ1) is 13.7. The Kier molecular flexibility index (Phi) is 11.7. The van der Waals surface area contributed by atoms with Crippen molar-refractivity contribution in [3.63, 3.8) is 0 Å². The Morgan fingerprint density at radius 2 is 1.97 bits per heavy atom. The van der Waals surface area contributed by atoms with Crippen LogP contribution in [0.4, 0.5) is 8.78 Å². The average Bonchev–Trinajstić information content (AvgIpc) is 2.64. The summed E-state index contributed by atoms with van der Waals surface area (Å²) in [5, 5.41) is 6.65. The Labute approximate surface area is 199 Å². The molecule has 1 aliphatic rings. The average molecular weight is 557 g/mol. The third-order valence-electron chi connectivity index (χ3n) is 4.86. The highest BCUT2D eigenvalue weighted by Gasteiger charge is 2.23. The van der Waals surface area contributed by atoms with Crippen LogP contribution >= 0.6 is 24.0 Å². The standard InChI is InChI=1S/C21H34F2N4OS.HI/c1-5-24-20(25-11-13-29(28)21(2,3)4)26-16-8-7-12-27(14-16)15-17-18(22)9-6-10-19(17)23;/h6,9-10,16H,5,7-8,11-15H2,1-4H3,(H2,24,25,26);1H. The van der Waals surface area contributed by atoms with Crippen LogP contribution in [0.25, 0.3) is 0 Å². The van der Waals surface area contributed by atoms with Gasteiger partial charge in [-0.05, 0) is 59.2 Å². The Morgan fingerprint density at radius 1 is 1.30 bits per heavy atom. The van der Waals surface area contributed by atoms with Gasteiger partial charge in [0.15, 0.2) is 5.96 Å². The Balaban J connectivity index is 0.00000450. The molecule has 9 heteroatoms. The SMILES string of the molecule is CCNC(=NCCS(=O)C(C)(C)C)NC1CCCN(Cc2c(F)cccc2F)C1.I. The predicted molar refractivity (Wildman–Crippen MR) is 132 cm³/mol. The molecule has 2 unspecified atom stereocenters. The minimum atomic E-state index is -0.939. The van der Waals surface area contributed by atoms with Crippen LogP contribution < -0.4 is 10.6 Å². The third-order valence-corrected chi connectivity index (χ3v) is 6.78. The number of hydrogen-bond acceptors (Lipinski definition) is 3. The molecule has 1 saturated heterocycles. The van der Waals surface area contributed by atoms with Crippen molar-refractivity contribution < 1.29 is 13.0 Å². The van der Waals surface area contributed by atoms with Crippen molar-refractivity contribution in [2.45, 2.75) is 57.9 Å². The van der Waals surface area contributed by atoms with E-state index in [1.54, 1.807) is 0 Å². The molecule has 0 spiro atoms. The highest BCUT2D eigenvalue weighted by atomic mass is 127. The Hall–Kier alpha value is -0.810. The van der Waals surface area contributed by atoms with Gasteiger partial charge in [-0.15, -0.1) is 24.0 Å². The molecular formula is C21H35F2IN4OS. The van der Waals surface area contributed by atoms with Crippen molar-refractivity contribution in [2.75, 3.05) is 31.9 Å². The summed E-state index contributed by atoms with van der Waals surface area (Å²) in [6, 6.07) is 4.13. The summed E-state index contributed by atoms with van der Waals surface area (Å²) >= 11 is 0. The lowest BCUT2D eigenvalue weighted by atomic mass is 10.0. The second-order valence-corrected chi connectivity index (χ2v) is 10.7. The third kappa shape index (κ3) is 8.74. The number of halogens is 3. The van der Waals surface area contributed by atoms with Crippen LogP contribution in [-0.2, 0) is 17.3 Å². The van der Waals surface area contributed by atoms with Crippen molar-refractivity contribution in [3.05, 3.63) is 35.4 Å². The highest BCUT2D eigenvalue weighted by molar-refractivity contribution is 14.0. The van der Waals surface area contributed by atoms with E-state index in [2.05, 4.69) is 20.5 Å². The molecule has 30 heavy (non-hydrogen) atoms. The Bertz CT molecular complexity index is 707. The van der Waals surface area contributed by atoms with Crippen LogP contribution in [-0.4, -0.2) is 57.8 Å². The molecule has 1 fully saturated rings. The fraction of sp³-hybridized carbons (Fsp3) is 0.667. The molecule has 0 saturated carbocycles. The number of guanidine groups is 1. The van der Waals surface area contributed by atoms with Crippen LogP contribution in [0.15, 0.2) is 23.2 Å². The van der Waals surface area contributed by atoms with Gasteiger partial charge >= 0.3 is 0 Å². The summed E-state index contributed by atoms with van der Waals surface area (Å²) in [4.78, 5) is 6.63. The lowest BCUT2D eigenvalue weighted by molar-refractivity contribution is 0.188. The molecule has 0 amide bonds. The van der Waals surface area contributed by atoms with Gasteiger partial charge in [-0.1, -0.05) is 6.07 Å². The molecule has 1 aliphatic heterocycles. The lowest BCUT2D eigenvalue weighted by Gasteiger charge is -2.34. The zero-order valence-corrected chi connectivity index (χ0v) is 21.5. The first-order valence-corrected chi connectivity index (χ1v) is 11.6. The zero-order chi connectivity index (χ0) is 21.4. The van der Waals surface area contributed by atoms with Gasteiger partial charge in [-0.3, -0.25) is 14.1 Å². The zero-order valence-electron chi connectivity index (χ0n) is 18.3. The maximum atomic E-state index is 14.0. The van der Waals surface area contributed by atoms with E-state index in [1.165, 1.54) is 18.2 Å². The van der Waals surface area contributed by atoms with Crippen LogP contribution in [0.3, 0.4) is 0 Å². The van der Waals surface area contributed by atoms with Gasteiger partial charge in [0.1, 0.15) is 11.6 Å². The van der Waals surface area contributed by atoms with Gasteiger partial charge in [-0.2, -0.15) is 0 Å². The maximum Gasteiger partial charge on any atom is 0.191 e. The van der Waals surface area contributed by atoms with E-state index in [1.807, 2.05) is 27.7 Å². The lowest BCUT2D eigenvalue weighted by Crippen LogP contribution is -2.51. The smallest absolute Gasteiger partial charge is 0.191 e. The second-order valence-electron chi connectivity index (χ2n) is 8.34. The first kappa shape index (κ1) is 27.2.